The number of aromatic nitrogens is 2. The van der Waals surface area contributed by atoms with E-state index in [-0.39, 0.29) is 0 Å². The molecule has 0 amide bonds. The number of hydrogen-bond acceptors (Lipinski definition) is 4. The summed E-state index contributed by atoms with van der Waals surface area (Å²) in [7, 11) is 0. The van der Waals surface area contributed by atoms with Crippen molar-refractivity contribution in [3.8, 4) is 10.6 Å². The zero-order chi connectivity index (χ0) is 11.8. The SMILES string of the molecule is Cc1ccc(-c2nc3cccnc3s2)cc1N. The van der Waals surface area contributed by atoms with E-state index >= 15 is 0 Å². The van der Waals surface area contributed by atoms with Gasteiger partial charge in [-0.15, -0.1) is 0 Å². The first kappa shape index (κ1) is 10.2. The van der Waals surface area contributed by atoms with Gasteiger partial charge in [-0.2, -0.15) is 0 Å². The van der Waals surface area contributed by atoms with Gasteiger partial charge in [-0.25, -0.2) is 9.97 Å². The predicted molar refractivity (Wildman–Crippen MR) is 72.0 cm³/mol. The van der Waals surface area contributed by atoms with Crippen molar-refractivity contribution in [2.24, 2.45) is 0 Å². The lowest BCUT2D eigenvalue weighted by atomic mass is 10.1. The van der Waals surface area contributed by atoms with E-state index in [0.717, 1.165) is 32.2 Å². The Bertz CT molecular complexity index is 655. The van der Waals surface area contributed by atoms with Crippen molar-refractivity contribution in [1.82, 2.24) is 9.97 Å². The molecule has 3 rings (SSSR count). The van der Waals surface area contributed by atoms with Gasteiger partial charge in [0, 0.05) is 17.4 Å². The Labute approximate surface area is 103 Å². The van der Waals surface area contributed by atoms with Crippen molar-refractivity contribution in [2.45, 2.75) is 6.92 Å². The van der Waals surface area contributed by atoms with E-state index in [4.69, 9.17) is 5.73 Å². The Kier molecular flexibility index (Phi) is 2.30. The van der Waals surface area contributed by atoms with Gasteiger partial charge in [-0.3, -0.25) is 0 Å². The van der Waals surface area contributed by atoms with Crippen LogP contribution < -0.4 is 5.73 Å². The molecule has 2 N–H and O–H groups in total. The van der Waals surface area contributed by atoms with Crippen LogP contribution in [0.15, 0.2) is 36.5 Å². The molecular formula is C13H11N3S. The Morgan fingerprint density at radius 2 is 2.12 bits per heavy atom. The van der Waals surface area contributed by atoms with Gasteiger partial charge in [-0.1, -0.05) is 23.5 Å². The number of hydrogen-bond donors (Lipinski definition) is 1. The van der Waals surface area contributed by atoms with Crippen molar-refractivity contribution < 1.29 is 0 Å². The maximum Gasteiger partial charge on any atom is 0.143 e. The quantitative estimate of drug-likeness (QED) is 0.665. The van der Waals surface area contributed by atoms with Crippen LogP contribution in [0.1, 0.15) is 5.56 Å². The number of nitrogens with zero attached hydrogens (tertiary/aromatic N) is 2. The molecule has 17 heavy (non-hydrogen) atoms. The minimum atomic E-state index is 0.801. The molecule has 0 atom stereocenters. The molecule has 4 heteroatoms. The van der Waals surface area contributed by atoms with Gasteiger partial charge in [0.1, 0.15) is 15.4 Å². The summed E-state index contributed by atoms with van der Waals surface area (Å²) >= 11 is 1.59. The molecule has 2 heterocycles. The monoisotopic (exact) mass is 241 g/mol. The molecule has 1 aromatic carbocycles. The fourth-order valence-corrected chi connectivity index (χ4v) is 2.57. The number of thiazole rings is 1. The lowest BCUT2D eigenvalue weighted by Gasteiger charge is -2.01. The second-order valence-electron chi connectivity index (χ2n) is 3.92. The Morgan fingerprint density at radius 1 is 1.24 bits per heavy atom. The average Bonchev–Trinajstić information content (AvgIpc) is 2.76. The minimum Gasteiger partial charge on any atom is -0.398 e. The smallest absolute Gasteiger partial charge is 0.143 e. The van der Waals surface area contributed by atoms with Gasteiger partial charge >= 0.3 is 0 Å². The van der Waals surface area contributed by atoms with Crippen LogP contribution in [-0.2, 0) is 0 Å². The van der Waals surface area contributed by atoms with Gasteiger partial charge in [0.2, 0.25) is 0 Å². The van der Waals surface area contributed by atoms with E-state index in [9.17, 15) is 0 Å². The Balaban J connectivity index is 2.17. The summed E-state index contributed by atoms with van der Waals surface area (Å²) in [5.41, 5.74) is 9.79. The molecule has 0 spiro atoms. The Morgan fingerprint density at radius 3 is 2.88 bits per heavy atom. The highest BCUT2D eigenvalue weighted by atomic mass is 32.1. The molecule has 3 nitrogen and oxygen atoms in total. The van der Waals surface area contributed by atoms with E-state index in [2.05, 4.69) is 9.97 Å². The van der Waals surface area contributed by atoms with Crippen LogP contribution in [0.4, 0.5) is 5.69 Å². The third kappa shape index (κ3) is 1.76. The number of rotatable bonds is 1. The fourth-order valence-electron chi connectivity index (χ4n) is 1.67. The lowest BCUT2D eigenvalue weighted by Crippen LogP contribution is -1.89. The van der Waals surface area contributed by atoms with Crippen molar-refractivity contribution in [3.63, 3.8) is 0 Å². The number of fused-ring (bicyclic) bond motifs is 1. The Hall–Kier alpha value is -1.94. The molecular weight excluding hydrogens is 230 g/mol. The molecule has 0 saturated carbocycles. The van der Waals surface area contributed by atoms with Gasteiger partial charge in [-0.05, 0) is 30.7 Å². The molecule has 3 aromatic rings. The first-order valence-electron chi connectivity index (χ1n) is 5.32. The summed E-state index contributed by atoms with van der Waals surface area (Å²) in [4.78, 5) is 9.81. The second-order valence-corrected chi connectivity index (χ2v) is 4.90. The van der Waals surface area contributed by atoms with E-state index in [1.165, 1.54) is 0 Å². The lowest BCUT2D eigenvalue weighted by molar-refractivity contribution is 1.40. The van der Waals surface area contributed by atoms with Crippen molar-refractivity contribution in [2.75, 3.05) is 5.73 Å². The molecule has 84 valence electrons. The van der Waals surface area contributed by atoms with Crippen LogP contribution in [0.25, 0.3) is 20.9 Å². The van der Waals surface area contributed by atoms with Crippen LogP contribution in [-0.4, -0.2) is 9.97 Å². The predicted octanol–water partition coefficient (Wildman–Crippen LogP) is 3.25. The second kappa shape index (κ2) is 3.82. The summed E-state index contributed by atoms with van der Waals surface area (Å²) in [5.74, 6) is 0. The van der Waals surface area contributed by atoms with Crippen LogP contribution in [0, 0.1) is 6.92 Å². The molecule has 2 aromatic heterocycles. The third-order valence-electron chi connectivity index (χ3n) is 2.69. The summed E-state index contributed by atoms with van der Waals surface area (Å²) < 4.78 is 0. The van der Waals surface area contributed by atoms with Crippen molar-refractivity contribution in [3.05, 3.63) is 42.1 Å². The molecule has 0 radical (unpaired) electrons. The first-order valence-corrected chi connectivity index (χ1v) is 6.14. The summed E-state index contributed by atoms with van der Waals surface area (Å²) in [6.07, 6.45) is 1.79. The molecule has 0 aliphatic heterocycles. The average molecular weight is 241 g/mol. The molecule has 0 fully saturated rings. The highest BCUT2D eigenvalue weighted by molar-refractivity contribution is 7.21. The van der Waals surface area contributed by atoms with Gasteiger partial charge in [0.25, 0.3) is 0 Å². The van der Waals surface area contributed by atoms with Gasteiger partial charge in [0.05, 0.1) is 0 Å². The van der Waals surface area contributed by atoms with E-state index in [1.807, 2.05) is 37.3 Å². The first-order chi connectivity index (χ1) is 8.24. The largest absolute Gasteiger partial charge is 0.398 e. The number of benzene rings is 1. The normalized spacial score (nSPS) is 10.9. The van der Waals surface area contributed by atoms with Gasteiger partial charge < -0.3 is 5.73 Å². The third-order valence-corrected chi connectivity index (χ3v) is 3.72. The summed E-state index contributed by atoms with van der Waals surface area (Å²) in [5, 5.41) is 0.963. The maximum atomic E-state index is 5.91. The van der Waals surface area contributed by atoms with E-state index in [1.54, 1.807) is 17.5 Å². The fraction of sp³-hybridized carbons (Fsp3) is 0.0769. The number of pyridine rings is 1. The molecule has 0 bridgehead atoms. The van der Waals surface area contributed by atoms with Crippen molar-refractivity contribution >= 4 is 27.4 Å². The van der Waals surface area contributed by atoms with Crippen LogP contribution in [0.2, 0.25) is 0 Å². The van der Waals surface area contributed by atoms with E-state index in [0.29, 0.717) is 0 Å². The summed E-state index contributed by atoms with van der Waals surface area (Å²) in [6.45, 7) is 2.00. The molecule has 0 unspecified atom stereocenters. The number of nitrogens with two attached hydrogens (primary N) is 1. The standard InChI is InChI=1S/C13H11N3S/c1-8-4-5-9(7-10(8)14)12-16-11-3-2-6-15-13(11)17-12/h2-7H,14H2,1H3. The minimum absolute atomic E-state index is 0.801. The zero-order valence-corrected chi connectivity index (χ0v) is 10.2. The molecule has 0 aliphatic rings. The summed E-state index contributed by atoms with van der Waals surface area (Å²) in [6, 6.07) is 9.90. The maximum absolute atomic E-state index is 5.91. The van der Waals surface area contributed by atoms with Crippen LogP contribution >= 0.6 is 11.3 Å². The number of aryl methyl sites for hydroxylation is 1. The van der Waals surface area contributed by atoms with Crippen molar-refractivity contribution in [1.29, 1.82) is 0 Å². The zero-order valence-electron chi connectivity index (χ0n) is 9.34. The van der Waals surface area contributed by atoms with Gasteiger partial charge in [0.15, 0.2) is 0 Å². The highest BCUT2D eigenvalue weighted by Crippen LogP contribution is 2.30. The topological polar surface area (TPSA) is 51.8 Å². The molecule has 0 aliphatic carbocycles. The number of nitrogen functional groups attached to an aromatic ring is 1. The van der Waals surface area contributed by atoms with E-state index < -0.39 is 0 Å². The highest BCUT2D eigenvalue weighted by Gasteiger charge is 2.07. The van der Waals surface area contributed by atoms with Crippen LogP contribution in [0.5, 0.6) is 0 Å². The molecule has 0 saturated heterocycles. The van der Waals surface area contributed by atoms with Crippen LogP contribution in [0.3, 0.4) is 0 Å². The number of anilines is 1.